The van der Waals surface area contributed by atoms with Crippen LogP contribution in [-0.4, -0.2) is 32.9 Å². The number of thiophene rings is 1. The highest BCUT2D eigenvalue weighted by molar-refractivity contribution is 7.17. The molecule has 0 saturated heterocycles. The molecule has 9 nitrogen and oxygen atoms in total. The second kappa shape index (κ2) is 9.86. The number of aryl methyl sites for hydroxylation is 2. The summed E-state index contributed by atoms with van der Waals surface area (Å²) in [5.74, 6) is -0.262. The first-order valence-corrected chi connectivity index (χ1v) is 11.4. The molecule has 3 aromatic rings. The molecule has 0 spiro atoms. The molecule has 3 heterocycles. The Bertz CT molecular complexity index is 1180. The van der Waals surface area contributed by atoms with Gasteiger partial charge in [-0.15, -0.1) is 11.3 Å². The zero-order valence-corrected chi connectivity index (χ0v) is 19.3. The molecule has 10 heteroatoms. The van der Waals surface area contributed by atoms with Gasteiger partial charge in [0, 0.05) is 55.1 Å². The molecule has 0 aromatic carbocycles. The van der Waals surface area contributed by atoms with Crippen LogP contribution in [0.3, 0.4) is 0 Å². The van der Waals surface area contributed by atoms with Crippen molar-refractivity contribution in [2.45, 2.75) is 38.8 Å². The number of nitrogens with zero attached hydrogens (tertiary/aromatic N) is 3. The van der Waals surface area contributed by atoms with Gasteiger partial charge in [-0.25, -0.2) is 4.79 Å². The third-order valence-electron chi connectivity index (χ3n) is 5.42. The van der Waals surface area contributed by atoms with Crippen molar-refractivity contribution in [2.75, 3.05) is 11.1 Å². The minimum absolute atomic E-state index is 0.237. The fourth-order valence-corrected chi connectivity index (χ4v) is 4.99. The number of hydrogen-bond donors (Lipinski definition) is 3. The van der Waals surface area contributed by atoms with Crippen molar-refractivity contribution in [1.82, 2.24) is 20.1 Å². The van der Waals surface area contributed by atoms with Crippen LogP contribution in [0.2, 0.25) is 0 Å². The Morgan fingerprint density at radius 2 is 2.27 bits per heavy atom. The van der Waals surface area contributed by atoms with Crippen LogP contribution in [0.25, 0.3) is 6.08 Å². The molecule has 4 rings (SSSR count). The van der Waals surface area contributed by atoms with Crippen molar-refractivity contribution in [3.05, 3.63) is 64.1 Å². The zero-order valence-electron chi connectivity index (χ0n) is 18.5. The molecule has 33 heavy (non-hydrogen) atoms. The van der Waals surface area contributed by atoms with E-state index in [1.807, 2.05) is 32.3 Å². The maximum atomic E-state index is 12.3. The molecule has 0 aliphatic heterocycles. The zero-order chi connectivity index (χ0) is 23.4. The Balaban J connectivity index is 1.32. The summed E-state index contributed by atoms with van der Waals surface area (Å²) in [6.45, 7) is 2.27. The fraction of sp³-hybridized carbons (Fsp3) is 0.304. The number of aromatic nitrogens is 3. The fourth-order valence-electron chi connectivity index (χ4n) is 3.76. The predicted octanol–water partition coefficient (Wildman–Crippen LogP) is 3.20. The third-order valence-corrected chi connectivity index (χ3v) is 6.61. The van der Waals surface area contributed by atoms with E-state index >= 15 is 0 Å². The molecule has 1 atom stereocenters. The van der Waals surface area contributed by atoms with Gasteiger partial charge in [-0.1, -0.05) is 6.07 Å². The summed E-state index contributed by atoms with van der Waals surface area (Å²) in [7, 11) is 1.84. The number of nitrogen functional groups attached to an aromatic ring is 1. The van der Waals surface area contributed by atoms with Gasteiger partial charge in [0.2, 0.25) is 5.91 Å². The molecule has 2 amide bonds. The van der Waals surface area contributed by atoms with Crippen molar-refractivity contribution in [3.8, 4) is 0 Å². The number of anilines is 2. The van der Waals surface area contributed by atoms with E-state index in [0.29, 0.717) is 36.5 Å². The molecule has 3 aromatic heterocycles. The maximum absolute atomic E-state index is 12.3. The quantitative estimate of drug-likeness (QED) is 0.479. The Kier molecular flexibility index (Phi) is 6.74. The molecule has 0 saturated carbocycles. The van der Waals surface area contributed by atoms with Gasteiger partial charge in [-0.2, -0.15) is 5.10 Å². The highest BCUT2D eigenvalue weighted by Gasteiger charge is 2.27. The molecule has 1 unspecified atom stereocenters. The monoisotopic (exact) mass is 466 g/mol. The van der Waals surface area contributed by atoms with Crippen LogP contribution in [-0.2, 0) is 36.0 Å². The van der Waals surface area contributed by atoms with Crippen molar-refractivity contribution in [2.24, 2.45) is 7.05 Å². The minimum Gasteiger partial charge on any atom is -0.446 e. The number of ether oxygens (including phenoxy) is 1. The SMILES string of the molecule is Cc1nn(C)cc1CNC(=O)OC1CCc2c(sc(NC(=O)/C=C/c3cccnc3)c2N)C1. The summed E-state index contributed by atoms with van der Waals surface area (Å²) in [4.78, 5) is 29.6. The number of rotatable bonds is 6. The number of amides is 2. The van der Waals surface area contributed by atoms with E-state index < -0.39 is 6.09 Å². The largest absolute Gasteiger partial charge is 0.446 e. The van der Waals surface area contributed by atoms with E-state index in [1.54, 1.807) is 23.2 Å². The topological polar surface area (TPSA) is 124 Å². The predicted molar refractivity (Wildman–Crippen MR) is 128 cm³/mol. The number of nitrogens with one attached hydrogen (secondary N) is 2. The second-order valence-electron chi connectivity index (χ2n) is 7.89. The Morgan fingerprint density at radius 1 is 1.42 bits per heavy atom. The van der Waals surface area contributed by atoms with E-state index in [0.717, 1.165) is 27.3 Å². The van der Waals surface area contributed by atoms with E-state index in [1.165, 1.54) is 17.4 Å². The highest BCUT2D eigenvalue weighted by Crippen LogP contribution is 2.40. The smallest absolute Gasteiger partial charge is 0.407 e. The number of carbonyl (C=O) groups is 2. The number of hydrogen-bond acceptors (Lipinski definition) is 7. The maximum Gasteiger partial charge on any atom is 0.407 e. The summed E-state index contributed by atoms with van der Waals surface area (Å²) in [6.07, 6.45) is 9.64. The average molecular weight is 467 g/mol. The number of pyridine rings is 1. The molecule has 0 bridgehead atoms. The third kappa shape index (κ3) is 5.58. The molecule has 0 radical (unpaired) electrons. The van der Waals surface area contributed by atoms with Crippen LogP contribution < -0.4 is 16.4 Å². The van der Waals surface area contributed by atoms with Crippen LogP contribution in [0.4, 0.5) is 15.5 Å². The Labute approximate surface area is 195 Å². The van der Waals surface area contributed by atoms with Crippen molar-refractivity contribution < 1.29 is 14.3 Å². The summed E-state index contributed by atoms with van der Waals surface area (Å²) < 4.78 is 7.33. The van der Waals surface area contributed by atoms with Crippen LogP contribution in [0.5, 0.6) is 0 Å². The molecule has 4 N–H and O–H groups in total. The first-order chi connectivity index (χ1) is 15.9. The molecule has 1 aliphatic carbocycles. The Morgan fingerprint density at radius 3 is 3.00 bits per heavy atom. The minimum atomic E-state index is -0.453. The van der Waals surface area contributed by atoms with Crippen molar-refractivity contribution in [3.63, 3.8) is 0 Å². The first kappa shape index (κ1) is 22.5. The standard InChI is InChI=1S/C23H26N6O3S/c1-14-16(13-29(2)28-14)12-26-23(31)32-17-6-7-18-19(10-17)33-22(21(18)24)27-20(30)8-5-15-4-3-9-25-11-15/h3-5,8-9,11,13,17H,6-7,10,12,24H2,1-2H3,(H,26,31)(H,27,30)/b8-5+. The van der Waals surface area contributed by atoms with Gasteiger partial charge in [0.15, 0.2) is 0 Å². The number of fused-ring (bicyclic) bond motifs is 1. The van der Waals surface area contributed by atoms with Gasteiger partial charge < -0.3 is 21.1 Å². The van der Waals surface area contributed by atoms with Crippen molar-refractivity contribution >= 4 is 40.1 Å². The number of carbonyl (C=O) groups excluding carboxylic acids is 2. The normalized spacial score (nSPS) is 15.3. The summed E-state index contributed by atoms with van der Waals surface area (Å²) in [5.41, 5.74) is 10.6. The van der Waals surface area contributed by atoms with Gasteiger partial charge >= 0.3 is 6.09 Å². The average Bonchev–Trinajstić information content (AvgIpc) is 3.28. The lowest BCUT2D eigenvalue weighted by Crippen LogP contribution is -2.31. The van der Waals surface area contributed by atoms with Gasteiger partial charge in [-0.3, -0.25) is 14.5 Å². The number of alkyl carbamates (subject to hydrolysis) is 1. The second-order valence-corrected chi connectivity index (χ2v) is 9.00. The summed E-state index contributed by atoms with van der Waals surface area (Å²) in [6, 6.07) is 3.67. The highest BCUT2D eigenvalue weighted by atomic mass is 32.1. The molecule has 172 valence electrons. The van der Waals surface area contributed by atoms with Crippen molar-refractivity contribution in [1.29, 1.82) is 0 Å². The van der Waals surface area contributed by atoms with Crippen LogP contribution in [0, 0.1) is 6.92 Å². The molecular weight excluding hydrogens is 440 g/mol. The Hall–Kier alpha value is -3.66. The lowest BCUT2D eigenvalue weighted by molar-refractivity contribution is -0.111. The van der Waals surface area contributed by atoms with E-state index in [9.17, 15) is 9.59 Å². The van der Waals surface area contributed by atoms with Crippen LogP contribution in [0.15, 0.2) is 36.8 Å². The van der Waals surface area contributed by atoms with Gasteiger partial charge in [0.05, 0.1) is 11.4 Å². The van der Waals surface area contributed by atoms with Gasteiger partial charge in [0.1, 0.15) is 11.1 Å². The van der Waals surface area contributed by atoms with Crippen LogP contribution >= 0.6 is 11.3 Å². The summed E-state index contributed by atoms with van der Waals surface area (Å²) in [5, 5.41) is 10.5. The summed E-state index contributed by atoms with van der Waals surface area (Å²) >= 11 is 1.43. The molecular formula is C23H26N6O3S. The van der Waals surface area contributed by atoms with Crippen LogP contribution in [0.1, 0.15) is 33.7 Å². The number of nitrogens with two attached hydrogens (primary N) is 1. The lowest BCUT2D eigenvalue weighted by Gasteiger charge is -2.22. The van der Waals surface area contributed by atoms with Gasteiger partial charge in [0.25, 0.3) is 0 Å². The van der Waals surface area contributed by atoms with E-state index in [4.69, 9.17) is 10.5 Å². The first-order valence-electron chi connectivity index (χ1n) is 10.6. The van der Waals surface area contributed by atoms with E-state index in [2.05, 4.69) is 20.7 Å². The van der Waals surface area contributed by atoms with Gasteiger partial charge in [-0.05, 0) is 43.0 Å². The van der Waals surface area contributed by atoms with E-state index in [-0.39, 0.29) is 12.0 Å². The lowest BCUT2D eigenvalue weighted by atomic mass is 9.95. The molecule has 0 fully saturated rings. The molecule has 1 aliphatic rings.